The third-order valence-corrected chi connectivity index (χ3v) is 3.56. The molecule has 1 aliphatic rings. The van der Waals surface area contributed by atoms with Gasteiger partial charge in [-0.2, -0.15) is 0 Å². The second-order valence-corrected chi connectivity index (χ2v) is 4.94. The molecule has 1 aliphatic carbocycles. The molecule has 1 aromatic rings. The van der Waals surface area contributed by atoms with Gasteiger partial charge in [0.25, 0.3) is 0 Å². The van der Waals surface area contributed by atoms with Crippen LogP contribution in [0.5, 0.6) is 0 Å². The summed E-state index contributed by atoms with van der Waals surface area (Å²) in [6, 6.07) is 5.32. The van der Waals surface area contributed by atoms with Gasteiger partial charge in [-0.1, -0.05) is 30.5 Å². The van der Waals surface area contributed by atoms with Gasteiger partial charge in [0.05, 0.1) is 5.02 Å². The third kappa shape index (κ3) is 2.96. The number of hydrogen-bond donors (Lipinski definition) is 1. The smallest absolute Gasteiger partial charge is 0.142 e. The minimum absolute atomic E-state index is 0.195. The van der Waals surface area contributed by atoms with Gasteiger partial charge in [0.2, 0.25) is 0 Å². The molecule has 0 amide bonds. The van der Waals surface area contributed by atoms with Crippen LogP contribution in [0, 0.1) is 11.7 Å². The Balaban J connectivity index is 2.02. The van der Waals surface area contributed by atoms with Crippen molar-refractivity contribution in [2.24, 2.45) is 5.92 Å². The number of benzene rings is 1. The van der Waals surface area contributed by atoms with Crippen LogP contribution in [0.1, 0.15) is 37.3 Å². The maximum Gasteiger partial charge on any atom is 0.142 e. The summed E-state index contributed by atoms with van der Waals surface area (Å²) >= 11 is 5.67. The molecule has 1 fully saturated rings. The molecule has 88 valence electrons. The zero-order chi connectivity index (χ0) is 11.5. The van der Waals surface area contributed by atoms with Crippen LogP contribution in [-0.4, -0.2) is 7.05 Å². The van der Waals surface area contributed by atoms with Crippen LogP contribution in [0.2, 0.25) is 5.02 Å². The normalized spacial score (nSPS) is 17.4. The monoisotopic (exact) mass is 241 g/mol. The van der Waals surface area contributed by atoms with Crippen molar-refractivity contribution in [1.82, 2.24) is 5.32 Å². The summed E-state index contributed by atoms with van der Waals surface area (Å²) in [7, 11) is 1.92. The molecule has 2 rings (SSSR count). The average Bonchev–Trinajstić information content (AvgIpc) is 3.08. The first-order valence-corrected chi connectivity index (χ1v) is 6.20. The molecule has 0 bridgehead atoms. The molecule has 0 spiro atoms. The Bertz CT molecular complexity index is 363. The van der Waals surface area contributed by atoms with E-state index in [2.05, 4.69) is 5.32 Å². The van der Waals surface area contributed by atoms with Crippen LogP contribution >= 0.6 is 11.6 Å². The summed E-state index contributed by atoms with van der Waals surface area (Å²) in [6.07, 6.45) is 5.04. The minimum atomic E-state index is -0.328. The second kappa shape index (κ2) is 5.15. The highest BCUT2D eigenvalue weighted by molar-refractivity contribution is 6.30. The molecule has 1 atom stereocenters. The lowest BCUT2D eigenvalue weighted by Crippen LogP contribution is -2.16. The molecule has 1 aromatic carbocycles. The Morgan fingerprint density at radius 1 is 1.50 bits per heavy atom. The van der Waals surface area contributed by atoms with E-state index in [-0.39, 0.29) is 16.9 Å². The van der Waals surface area contributed by atoms with Gasteiger partial charge < -0.3 is 5.32 Å². The fourth-order valence-electron chi connectivity index (χ4n) is 2.02. The SMILES string of the molecule is CNC(CCC1CC1)c1ccc(Cl)c(F)c1. The van der Waals surface area contributed by atoms with Gasteiger partial charge in [0.1, 0.15) is 5.82 Å². The highest BCUT2D eigenvalue weighted by Crippen LogP contribution is 2.36. The van der Waals surface area contributed by atoms with E-state index < -0.39 is 0 Å². The molecule has 1 saturated carbocycles. The lowest BCUT2D eigenvalue weighted by molar-refractivity contribution is 0.503. The van der Waals surface area contributed by atoms with E-state index >= 15 is 0 Å². The Morgan fingerprint density at radius 3 is 2.81 bits per heavy atom. The van der Waals surface area contributed by atoms with E-state index in [1.165, 1.54) is 25.3 Å². The van der Waals surface area contributed by atoms with E-state index in [1.54, 1.807) is 6.07 Å². The van der Waals surface area contributed by atoms with Gasteiger partial charge in [-0.15, -0.1) is 0 Å². The van der Waals surface area contributed by atoms with Crippen LogP contribution in [0.15, 0.2) is 18.2 Å². The summed E-state index contributed by atoms with van der Waals surface area (Å²) in [5.41, 5.74) is 0.991. The van der Waals surface area contributed by atoms with Crippen molar-refractivity contribution in [3.05, 3.63) is 34.6 Å². The van der Waals surface area contributed by atoms with Crippen molar-refractivity contribution in [2.75, 3.05) is 7.05 Å². The van der Waals surface area contributed by atoms with Crippen LogP contribution in [0.25, 0.3) is 0 Å². The maximum atomic E-state index is 13.3. The van der Waals surface area contributed by atoms with Gasteiger partial charge in [0.15, 0.2) is 0 Å². The molecule has 0 saturated heterocycles. The van der Waals surface area contributed by atoms with E-state index in [9.17, 15) is 4.39 Å². The Morgan fingerprint density at radius 2 is 2.25 bits per heavy atom. The van der Waals surface area contributed by atoms with Crippen molar-refractivity contribution >= 4 is 11.6 Å². The van der Waals surface area contributed by atoms with Crippen molar-refractivity contribution in [3.8, 4) is 0 Å². The fraction of sp³-hybridized carbons (Fsp3) is 0.538. The highest BCUT2D eigenvalue weighted by atomic mass is 35.5. The molecule has 0 aliphatic heterocycles. The topological polar surface area (TPSA) is 12.0 Å². The van der Waals surface area contributed by atoms with Crippen molar-refractivity contribution in [3.63, 3.8) is 0 Å². The lowest BCUT2D eigenvalue weighted by Gasteiger charge is -2.16. The van der Waals surface area contributed by atoms with Gasteiger partial charge in [-0.3, -0.25) is 0 Å². The largest absolute Gasteiger partial charge is 0.313 e. The average molecular weight is 242 g/mol. The molecule has 3 heteroatoms. The van der Waals surface area contributed by atoms with E-state index in [1.807, 2.05) is 13.1 Å². The standard InChI is InChI=1S/C13H17ClFN/c1-16-13(7-4-9-2-3-9)10-5-6-11(14)12(15)8-10/h5-6,8-9,13,16H,2-4,7H2,1H3. The summed E-state index contributed by atoms with van der Waals surface area (Å²) in [5, 5.41) is 3.43. The van der Waals surface area contributed by atoms with Gasteiger partial charge >= 0.3 is 0 Å². The molecular formula is C13H17ClFN. The first-order valence-electron chi connectivity index (χ1n) is 5.83. The Labute approximate surface area is 101 Å². The first kappa shape index (κ1) is 11.9. The molecule has 16 heavy (non-hydrogen) atoms. The molecule has 0 aromatic heterocycles. The predicted octanol–water partition coefficient (Wildman–Crippen LogP) is 3.93. The quantitative estimate of drug-likeness (QED) is 0.824. The Kier molecular flexibility index (Phi) is 3.82. The van der Waals surface area contributed by atoms with Crippen LogP contribution in [0.3, 0.4) is 0 Å². The second-order valence-electron chi connectivity index (χ2n) is 4.54. The summed E-state index contributed by atoms with van der Waals surface area (Å²) in [6.45, 7) is 0. The maximum absolute atomic E-state index is 13.3. The van der Waals surface area contributed by atoms with Gasteiger partial charge in [-0.05, 0) is 43.5 Å². The molecular weight excluding hydrogens is 225 g/mol. The van der Waals surface area contributed by atoms with Crippen LogP contribution < -0.4 is 5.32 Å². The number of rotatable bonds is 5. The van der Waals surface area contributed by atoms with Gasteiger partial charge in [-0.25, -0.2) is 4.39 Å². The van der Waals surface area contributed by atoms with E-state index in [0.29, 0.717) is 0 Å². The molecule has 1 unspecified atom stereocenters. The summed E-state index contributed by atoms with van der Waals surface area (Å²) < 4.78 is 13.3. The third-order valence-electron chi connectivity index (χ3n) is 3.26. The fourth-order valence-corrected chi connectivity index (χ4v) is 2.13. The van der Waals surface area contributed by atoms with E-state index in [4.69, 9.17) is 11.6 Å². The lowest BCUT2D eigenvalue weighted by atomic mass is 10.0. The summed E-state index contributed by atoms with van der Waals surface area (Å²) in [5.74, 6) is 0.582. The molecule has 1 N–H and O–H groups in total. The first-order chi connectivity index (χ1) is 7.70. The van der Waals surface area contributed by atoms with Gasteiger partial charge in [0, 0.05) is 6.04 Å². The number of nitrogens with one attached hydrogen (secondary N) is 1. The van der Waals surface area contributed by atoms with Crippen molar-refractivity contribution < 1.29 is 4.39 Å². The van der Waals surface area contributed by atoms with Crippen molar-refractivity contribution in [1.29, 1.82) is 0 Å². The zero-order valence-electron chi connectivity index (χ0n) is 9.47. The number of hydrogen-bond acceptors (Lipinski definition) is 1. The minimum Gasteiger partial charge on any atom is -0.313 e. The van der Waals surface area contributed by atoms with Crippen LogP contribution in [0.4, 0.5) is 4.39 Å². The van der Waals surface area contributed by atoms with E-state index in [0.717, 1.165) is 17.9 Å². The van der Waals surface area contributed by atoms with Crippen molar-refractivity contribution in [2.45, 2.75) is 31.7 Å². The molecule has 1 nitrogen and oxygen atoms in total. The highest BCUT2D eigenvalue weighted by Gasteiger charge is 2.22. The number of halogens is 2. The summed E-state index contributed by atoms with van der Waals surface area (Å²) in [4.78, 5) is 0. The molecule has 0 heterocycles. The molecule has 0 radical (unpaired) electrons. The zero-order valence-corrected chi connectivity index (χ0v) is 10.2. The van der Waals surface area contributed by atoms with Crippen LogP contribution in [-0.2, 0) is 0 Å². The Hall–Kier alpha value is -0.600. The predicted molar refractivity (Wildman–Crippen MR) is 65.2 cm³/mol.